The second-order valence-electron chi connectivity index (χ2n) is 10.1. The number of hydrogen-bond donors (Lipinski definition) is 2. The van der Waals surface area contributed by atoms with Crippen LogP contribution in [-0.2, 0) is 4.74 Å². The van der Waals surface area contributed by atoms with Gasteiger partial charge in [0.1, 0.15) is 11.8 Å². The molecule has 3 aromatic carbocycles. The number of nitrogens with one attached hydrogen (secondary N) is 1. The van der Waals surface area contributed by atoms with Crippen LogP contribution in [0.1, 0.15) is 53.0 Å². The van der Waals surface area contributed by atoms with E-state index in [4.69, 9.17) is 9.72 Å². The van der Waals surface area contributed by atoms with Gasteiger partial charge in [-0.25, -0.2) is 9.78 Å². The Balaban J connectivity index is 1.51. The molecule has 1 aromatic heterocycles. The number of para-hydroxylation sites is 1. The van der Waals surface area contributed by atoms with E-state index in [1.807, 2.05) is 32.0 Å². The summed E-state index contributed by atoms with van der Waals surface area (Å²) in [7, 11) is 1.78. The van der Waals surface area contributed by atoms with Gasteiger partial charge >= 0.3 is 5.97 Å². The first kappa shape index (κ1) is 26.2. The van der Waals surface area contributed by atoms with Gasteiger partial charge in [0.15, 0.2) is 0 Å². The molecule has 1 fully saturated rings. The molecule has 198 valence electrons. The van der Waals surface area contributed by atoms with Crippen LogP contribution in [0.25, 0.3) is 22.0 Å². The summed E-state index contributed by atoms with van der Waals surface area (Å²) in [6.45, 7) is 5.91. The first-order valence-corrected chi connectivity index (χ1v) is 13.2. The maximum Gasteiger partial charge on any atom is 0.337 e. The summed E-state index contributed by atoms with van der Waals surface area (Å²) in [5.74, 6) is -0.978. The Bertz CT molecular complexity index is 1550. The number of pyridine rings is 1. The van der Waals surface area contributed by atoms with Gasteiger partial charge in [0.05, 0.1) is 17.2 Å². The van der Waals surface area contributed by atoms with Crippen LogP contribution >= 0.6 is 0 Å². The second-order valence-corrected chi connectivity index (χ2v) is 10.1. The molecule has 1 aliphatic rings. The molecule has 1 unspecified atom stereocenters. The highest BCUT2D eigenvalue weighted by Gasteiger charge is 2.20. The summed E-state index contributed by atoms with van der Waals surface area (Å²) >= 11 is 0. The zero-order valence-electron chi connectivity index (χ0n) is 22.4. The van der Waals surface area contributed by atoms with Crippen LogP contribution in [0.4, 0.5) is 11.4 Å². The number of carboxylic acids is 1. The average Bonchev–Trinajstić information content (AvgIpc) is 2.96. The molecule has 2 N–H and O–H groups in total. The Morgan fingerprint density at radius 2 is 1.85 bits per heavy atom. The Morgan fingerprint density at radius 1 is 1.13 bits per heavy atom. The lowest BCUT2D eigenvalue weighted by atomic mass is 9.95. The molecule has 0 bridgehead atoms. The zero-order valence-corrected chi connectivity index (χ0v) is 22.4. The number of ether oxygens (including phenoxy) is 1. The maximum absolute atomic E-state index is 11.7. The number of nitrogens with zero attached hydrogens (tertiary/aromatic N) is 3. The Hall–Kier alpha value is -4.41. The molecule has 1 atom stereocenters. The molecule has 0 aliphatic carbocycles. The third kappa shape index (κ3) is 5.43. The summed E-state index contributed by atoms with van der Waals surface area (Å²) in [5.41, 5.74) is 6.76. The number of methoxy groups -OCH3 is 1. The number of benzene rings is 3. The minimum Gasteiger partial charge on any atom is -0.478 e. The minimum absolute atomic E-state index is 0.201. The SMILES string of the molecule is COC1CCN(c2ccc(-c3cc4c(C(C)Nc5ccccc5C(=O)O)cc(C)cc4nc3C#N)cc2)CC1. The van der Waals surface area contributed by atoms with Crippen molar-refractivity contribution < 1.29 is 14.6 Å². The molecule has 0 saturated carbocycles. The number of rotatable bonds is 7. The van der Waals surface area contributed by atoms with Crippen molar-refractivity contribution in [2.75, 3.05) is 30.4 Å². The number of fused-ring (bicyclic) bond motifs is 1. The highest BCUT2D eigenvalue weighted by molar-refractivity contribution is 5.94. The van der Waals surface area contributed by atoms with Crippen LogP contribution in [-0.4, -0.2) is 42.4 Å². The van der Waals surface area contributed by atoms with Crippen molar-refractivity contribution in [1.29, 1.82) is 5.26 Å². The predicted molar refractivity (Wildman–Crippen MR) is 154 cm³/mol. The topological polar surface area (TPSA) is 98.5 Å². The maximum atomic E-state index is 11.7. The number of aryl methyl sites for hydroxylation is 1. The molecule has 0 spiro atoms. The molecule has 7 nitrogen and oxygen atoms in total. The van der Waals surface area contributed by atoms with Crippen LogP contribution in [0.3, 0.4) is 0 Å². The lowest BCUT2D eigenvalue weighted by Gasteiger charge is -2.33. The van der Waals surface area contributed by atoms with Gasteiger partial charge in [0, 0.05) is 48.6 Å². The summed E-state index contributed by atoms with van der Waals surface area (Å²) in [6, 6.07) is 23.4. The highest BCUT2D eigenvalue weighted by Crippen LogP contribution is 2.34. The number of piperidine rings is 1. The predicted octanol–water partition coefficient (Wildman–Crippen LogP) is 6.57. The number of nitriles is 1. The van der Waals surface area contributed by atoms with E-state index >= 15 is 0 Å². The number of hydrogen-bond acceptors (Lipinski definition) is 6. The fraction of sp³-hybridized carbons (Fsp3) is 0.281. The van der Waals surface area contributed by atoms with Crippen LogP contribution in [0.15, 0.2) is 66.7 Å². The van der Waals surface area contributed by atoms with Crippen LogP contribution in [0, 0.1) is 18.3 Å². The van der Waals surface area contributed by atoms with Crippen molar-refractivity contribution in [3.05, 3.63) is 89.1 Å². The van der Waals surface area contributed by atoms with Gasteiger partial charge in [-0.3, -0.25) is 0 Å². The van der Waals surface area contributed by atoms with E-state index in [2.05, 4.69) is 46.6 Å². The summed E-state index contributed by atoms with van der Waals surface area (Å²) in [6.07, 6.45) is 2.35. The molecule has 0 amide bonds. The van der Waals surface area contributed by atoms with Gasteiger partial charge in [-0.1, -0.05) is 30.3 Å². The number of aromatic nitrogens is 1. The van der Waals surface area contributed by atoms with Crippen molar-refractivity contribution in [1.82, 2.24) is 4.98 Å². The Kier molecular flexibility index (Phi) is 7.49. The lowest BCUT2D eigenvalue weighted by Crippen LogP contribution is -2.36. The van der Waals surface area contributed by atoms with Crippen molar-refractivity contribution in [2.45, 2.75) is 38.8 Å². The van der Waals surface area contributed by atoms with Gasteiger partial charge in [0.25, 0.3) is 0 Å². The van der Waals surface area contributed by atoms with Gasteiger partial charge < -0.3 is 20.1 Å². The van der Waals surface area contributed by atoms with Crippen LogP contribution in [0.2, 0.25) is 0 Å². The molecule has 1 aliphatic heterocycles. The molecular weight excluding hydrogens is 488 g/mol. The second kappa shape index (κ2) is 11.1. The minimum atomic E-state index is -0.978. The molecule has 0 radical (unpaired) electrons. The summed E-state index contributed by atoms with van der Waals surface area (Å²) < 4.78 is 5.50. The van der Waals surface area contributed by atoms with E-state index in [0.717, 1.165) is 64.8 Å². The molecule has 4 aromatic rings. The third-order valence-electron chi connectivity index (χ3n) is 7.53. The number of anilines is 2. The van der Waals surface area contributed by atoms with Gasteiger partial charge in [-0.2, -0.15) is 5.26 Å². The van der Waals surface area contributed by atoms with E-state index in [1.54, 1.807) is 25.3 Å². The fourth-order valence-electron chi connectivity index (χ4n) is 5.42. The van der Waals surface area contributed by atoms with Crippen molar-refractivity contribution >= 4 is 28.2 Å². The third-order valence-corrected chi connectivity index (χ3v) is 7.53. The fourth-order valence-corrected chi connectivity index (χ4v) is 5.42. The largest absolute Gasteiger partial charge is 0.478 e. The number of carboxylic acid groups (broad SMARTS) is 1. The standard InChI is InChI=1S/C32H32N4O3/c1-20-16-26(21(2)34-29-7-5-4-6-25(29)32(37)38)28-18-27(31(19-33)35-30(28)17-20)22-8-10-23(11-9-22)36-14-12-24(39-3)13-15-36/h4-11,16-18,21,24,34H,12-15H2,1-3H3,(H,37,38). The van der Waals surface area contributed by atoms with Crippen molar-refractivity contribution in [2.24, 2.45) is 0 Å². The lowest BCUT2D eigenvalue weighted by molar-refractivity contribution is 0.0698. The molecule has 1 saturated heterocycles. The van der Waals surface area contributed by atoms with Crippen molar-refractivity contribution in [3.63, 3.8) is 0 Å². The van der Waals surface area contributed by atoms with E-state index in [0.29, 0.717) is 17.5 Å². The summed E-state index contributed by atoms with van der Waals surface area (Å²) in [5, 5.41) is 23.9. The average molecular weight is 521 g/mol. The van der Waals surface area contributed by atoms with Gasteiger partial charge in [-0.05, 0) is 79.8 Å². The van der Waals surface area contributed by atoms with Gasteiger partial charge in [-0.15, -0.1) is 0 Å². The van der Waals surface area contributed by atoms with E-state index in [9.17, 15) is 15.2 Å². The van der Waals surface area contributed by atoms with Crippen LogP contribution < -0.4 is 10.2 Å². The monoisotopic (exact) mass is 520 g/mol. The number of carbonyl (C=O) groups is 1. The first-order chi connectivity index (χ1) is 18.9. The molecular formula is C32H32N4O3. The van der Waals surface area contributed by atoms with E-state index in [1.165, 1.54) is 0 Å². The highest BCUT2D eigenvalue weighted by atomic mass is 16.5. The van der Waals surface area contributed by atoms with E-state index in [-0.39, 0.29) is 11.6 Å². The van der Waals surface area contributed by atoms with Crippen LogP contribution in [0.5, 0.6) is 0 Å². The normalized spacial score (nSPS) is 14.7. The van der Waals surface area contributed by atoms with Crippen molar-refractivity contribution in [3.8, 4) is 17.2 Å². The van der Waals surface area contributed by atoms with Gasteiger partial charge in [0.2, 0.25) is 0 Å². The molecule has 2 heterocycles. The number of aromatic carboxylic acids is 1. The molecule has 39 heavy (non-hydrogen) atoms. The van der Waals surface area contributed by atoms with E-state index < -0.39 is 5.97 Å². The zero-order chi connectivity index (χ0) is 27.5. The Morgan fingerprint density at radius 3 is 2.51 bits per heavy atom. The first-order valence-electron chi connectivity index (χ1n) is 13.2. The molecule has 7 heteroatoms. The summed E-state index contributed by atoms with van der Waals surface area (Å²) in [4.78, 5) is 18.9. The molecule has 5 rings (SSSR count). The quantitative estimate of drug-likeness (QED) is 0.284. The Labute approximate surface area is 228 Å². The smallest absolute Gasteiger partial charge is 0.337 e.